The zero-order valence-electron chi connectivity index (χ0n) is 11.3. The van der Waals surface area contributed by atoms with Gasteiger partial charge in [0.1, 0.15) is 0 Å². The Balaban J connectivity index is 2.45. The summed E-state index contributed by atoms with van der Waals surface area (Å²) in [6, 6.07) is 0.696. The lowest BCUT2D eigenvalue weighted by Crippen LogP contribution is -2.50. The highest BCUT2D eigenvalue weighted by atomic mass is 16.5. The highest BCUT2D eigenvalue weighted by Crippen LogP contribution is 2.16. The van der Waals surface area contributed by atoms with Crippen molar-refractivity contribution >= 4 is 0 Å². The highest BCUT2D eigenvalue weighted by Gasteiger charge is 2.24. The average molecular weight is 228 g/mol. The number of rotatable bonds is 6. The molecule has 0 bridgehead atoms. The maximum absolute atomic E-state index is 5.21. The van der Waals surface area contributed by atoms with Gasteiger partial charge in [-0.15, -0.1) is 0 Å². The van der Waals surface area contributed by atoms with Gasteiger partial charge < -0.3 is 10.1 Å². The smallest absolute Gasteiger partial charge is 0.0589 e. The number of nitrogens with one attached hydrogen (secondary N) is 1. The monoisotopic (exact) mass is 228 g/mol. The van der Waals surface area contributed by atoms with E-state index in [1.54, 1.807) is 7.11 Å². The van der Waals surface area contributed by atoms with Gasteiger partial charge >= 0.3 is 0 Å². The van der Waals surface area contributed by atoms with Gasteiger partial charge in [0, 0.05) is 32.8 Å². The Bertz CT molecular complexity index is 185. The molecule has 16 heavy (non-hydrogen) atoms. The molecule has 2 atom stereocenters. The first-order chi connectivity index (χ1) is 7.63. The second kappa shape index (κ2) is 7.25. The SMILES string of the molecule is COCCN(CC(C)C)C1CNCC(C)C1. The van der Waals surface area contributed by atoms with E-state index in [-0.39, 0.29) is 0 Å². The van der Waals surface area contributed by atoms with Gasteiger partial charge in [0.05, 0.1) is 6.61 Å². The quantitative estimate of drug-likeness (QED) is 0.747. The number of ether oxygens (including phenoxy) is 1. The molecule has 0 saturated carbocycles. The van der Waals surface area contributed by atoms with Crippen LogP contribution in [0.5, 0.6) is 0 Å². The van der Waals surface area contributed by atoms with Crippen LogP contribution in [0.4, 0.5) is 0 Å². The van der Waals surface area contributed by atoms with Crippen LogP contribution >= 0.6 is 0 Å². The molecule has 1 N–H and O–H groups in total. The Morgan fingerprint density at radius 3 is 2.69 bits per heavy atom. The molecule has 96 valence electrons. The van der Waals surface area contributed by atoms with E-state index in [0.29, 0.717) is 6.04 Å². The number of nitrogens with zero attached hydrogens (tertiary/aromatic N) is 1. The van der Waals surface area contributed by atoms with Gasteiger partial charge in [0.25, 0.3) is 0 Å². The minimum Gasteiger partial charge on any atom is -0.383 e. The summed E-state index contributed by atoms with van der Waals surface area (Å²) >= 11 is 0. The number of methoxy groups -OCH3 is 1. The molecule has 1 rings (SSSR count). The number of hydrogen-bond donors (Lipinski definition) is 1. The van der Waals surface area contributed by atoms with Crippen molar-refractivity contribution in [2.75, 3.05) is 39.9 Å². The minimum atomic E-state index is 0.696. The van der Waals surface area contributed by atoms with Crippen LogP contribution in [0.25, 0.3) is 0 Å². The van der Waals surface area contributed by atoms with Crippen LogP contribution in [0.2, 0.25) is 0 Å². The molecule has 1 fully saturated rings. The van der Waals surface area contributed by atoms with Gasteiger partial charge in [-0.25, -0.2) is 0 Å². The van der Waals surface area contributed by atoms with E-state index >= 15 is 0 Å². The van der Waals surface area contributed by atoms with Crippen molar-refractivity contribution in [2.45, 2.75) is 33.2 Å². The van der Waals surface area contributed by atoms with Gasteiger partial charge in [-0.1, -0.05) is 20.8 Å². The zero-order valence-corrected chi connectivity index (χ0v) is 11.3. The fourth-order valence-electron chi connectivity index (χ4n) is 2.51. The molecule has 1 heterocycles. The molecule has 0 aliphatic carbocycles. The van der Waals surface area contributed by atoms with E-state index in [4.69, 9.17) is 4.74 Å². The summed E-state index contributed by atoms with van der Waals surface area (Å²) in [6.45, 7) is 12.3. The molecular formula is C13H28N2O. The third-order valence-electron chi connectivity index (χ3n) is 3.25. The Morgan fingerprint density at radius 1 is 1.38 bits per heavy atom. The van der Waals surface area contributed by atoms with Crippen molar-refractivity contribution in [3.8, 4) is 0 Å². The molecule has 1 saturated heterocycles. The topological polar surface area (TPSA) is 24.5 Å². The fraction of sp³-hybridized carbons (Fsp3) is 1.00. The van der Waals surface area contributed by atoms with Crippen molar-refractivity contribution in [1.29, 1.82) is 0 Å². The molecule has 2 unspecified atom stereocenters. The lowest BCUT2D eigenvalue weighted by atomic mass is 9.96. The first kappa shape index (κ1) is 13.9. The third kappa shape index (κ3) is 4.81. The first-order valence-electron chi connectivity index (χ1n) is 6.57. The summed E-state index contributed by atoms with van der Waals surface area (Å²) in [5.74, 6) is 1.53. The largest absolute Gasteiger partial charge is 0.383 e. The molecule has 3 nitrogen and oxygen atoms in total. The van der Waals surface area contributed by atoms with Crippen LogP contribution in [0.1, 0.15) is 27.2 Å². The summed E-state index contributed by atoms with van der Waals surface area (Å²) < 4.78 is 5.21. The van der Waals surface area contributed by atoms with Gasteiger partial charge in [-0.3, -0.25) is 4.90 Å². The van der Waals surface area contributed by atoms with E-state index in [0.717, 1.165) is 31.5 Å². The maximum atomic E-state index is 5.21. The second-order valence-corrected chi connectivity index (χ2v) is 5.53. The predicted octanol–water partition coefficient (Wildman–Crippen LogP) is 1.59. The second-order valence-electron chi connectivity index (χ2n) is 5.53. The highest BCUT2D eigenvalue weighted by molar-refractivity contribution is 4.82. The molecule has 1 aliphatic rings. The first-order valence-corrected chi connectivity index (χ1v) is 6.57. The van der Waals surface area contributed by atoms with E-state index < -0.39 is 0 Å². The van der Waals surface area contributed by atoms with Gasteiger partial charge in [0.15, 0.2) is 0 Å². The normalized spacial score (nSPS) is 26.6. The lowest BCUT2D eigenvalue weighted by molar-refractivity contribution is 0.0886. The number of hydrogen-bond acceptors (Lipinski definition) is 3. The summed E-state index contributed by atoms with van der Waals surface area (Å²) in [6.07, 6.45) is 1.32. The summed E-state index contributed by atoms with van der Waals surface area (Å²) in [5.41, 5.74) is 0. The minimum absolute atomic E-state index is 0.696. The van der Waals surface area contributed by atoms with Gasteiger partial charge in [0.2, 0.25) is 0 Å². The van der Waals surface area contributed by atoms with Crippen molar-refractivity contribution in [3.05, 3.63) is 0 Å². The van der Waals surface area contributed by atoms with Gasteiger partial charge in [-0.05, 0) is 24.8 Å². The Labute approximate surface area is 101 Å². The van der Waals surface area contributed by atoms with Crippen molar-refractivity contribution in [2.24, 2.45) is 11.8 Å². The van der Waals surface area contributed by atoms with Crippen LogP contribution in [0, 0.1) is 11.8 Å². The van der Waals surface area contributed by atoms with Crippen LogP contribution in [-0.2, 0) is 4.74 Å². The molecule has 1 aliphatic heterocycles. The standard InChI is InChI=1S/C13H28N2O/c1-11(2)10-15(5-6-16-4)13-7-12(3)8-14-9-13/h11-14H,5-10H2,1-4H3. The molecule has 0 aromatic heterocycles. The molecule has 3 heteroatoms. The van der Waals surface area contributed by atoms with Crippen LogP contribution < -0.4 is 5.32 Å². The molecule has 0 aromatic rings. The summed E-state index contributed by atoms with van der Waals surface area (Å²) in [4.78, 5) is 2.59. The molecule has 0 spiro atoms. The lowest BCUT2D eigenvalue weighted by Gasteiger charge is -2.37. The number of piperidine rings is 1. The Morgan fingerprint density at radius 2 is 2.12 bits per heavy atom. The fourth-order valence-corrected chi connectivity index (χ4v) is 2.51. The van der Waals surface area contributed by atoms with E-state index in [1.807, 2.05) is 0 Å². The Hall–Kier alpha value is -0.120. The van der Waals surface area contributed by atoms with Crippen molar-refractivity contribution < 1.29 is 4.74 Å². The Kier molecular flexibility index (Phi) is 6.32. The molecular weight excluding hydrogens is 200 g/mol. The average Bonchev–Trinajstić information content (AvgIpc) is 2.23. The van der Waals surface area contributed by atoms with Crippen molar-refractivity contribution in [3.63, 3.8) is 0 Å². The van der Waals surface area contributed by atoms with E-state index in [9.17, 15) is 0 Å². The summed E-state index contributed by atoms with van der Waals surface area (Å²) in [7, 11) is 1.79. The zero-order chi connectivity index (χ0) is 12.0. The van der Waals surface area contributed by atoms with Crippen molar-refractivity contribution in [1.82, 2.24) is 10.2 Å². The van der Waals surface area contributed by atoms with E-state index in [1.165, 1.54) is 19.5 Å². The molecule has 0 amide bonds. The van der Waals surface area contributed by atoms with Crippen LogP contribution in [0.15, 0.2) is 0 Å². The van der Waals surface area contributed by atoms with Crippen LogP contribution in [0.3, 0.4) is 0 Å². The van der Waals surface area contributed by atoms with Gasteiger partial charge in [-0.2, -0.15) is 0 Å². The molecule has 0 radical (unpaired) electrons. The predicted molar refractivity (Wildman–Crippen MR) is 68.7 cm³/mol. The third-order valence-corrected chi connectivity index (χ3v) is 3.25. The summed E-state index contributed by atoms with van der Waals surface area (Å²) in [5, 5.41) is 3.53. The van der Waals surface area contributed by atoms with Crippen LogP contribution in [-0.4, -0.2) is 50.8 Å². The molecule has 0 aromatic carbocycles. The maximum Gasteiger partial charge on any atom is 0.0589 e. The van der Waals surface area contributed by atoms with E-state index in [2.05, 4.69) is 31.0 Å².